The zero-order valence-corrected chi connectivity index (χ0v) is 11.4. The molecule has 0 aromatic rings. The minimum atomic E-state index is -0.301. The van der Waals surface area contributed by atoms with Crippen molar-refractivity contribution in [2.45, 2.75) is 66.8 Å². The van der Waals surface area contributed by atoms with Crippen LogP contribution in [-0.4, -0.2) is 11.4 Å². The van der Waals surface area contributed by atoms with Gasteiger partial charge >= 0.3 is 0 Å². The summed E-state index contributed by atoms with van der Waals surface area (Å²) in [4.78, 5) is 12.0. The number of rotatable bonds is 4. The Morgan fingerprint density at radius 2 is 1.53 bits per heavy atom. The summed E-state index contributed by atoms with van der Waals surface area (Å²) in [6, 6.07) is 0. The van der Waals surface area contributed by atoms with Crippen molar-refractivity contribution in [3.8, 4) is 0 Å². The van der Waals surface area contributed by atoms with Crippen molar-refractivity contribution >= 4 is 5.91 Å². The number of hydrogen-bond acceptors (Lipinski definition) is 1. The van der Waals surface area contributed by atoms with Crippen molar-refractivity contribution in [3.63, 3.8) is 0 Å². The zero-order valence-electron chi connectivity index (χ0n) is 11.4. The molecule has 1 N–H and O–H groups in total. The number of carbonyl (C=O) groups excluding carboxylic acids is 1. The highest BCUT2D eigenvalue weighted by Gasteiger charge is 2.34. The molecule has 1 amide bonds. The lowest BCUT2D eigenvalue weighted by Gasteiger charge is -2.39. The molecule has 0 saturated carbocycles. The quantitative estimate of drug-likeness (QED) is 0.762. The van der Waals surface area contributed by atoms with Gasteiger partial charge in [0.2, 0.25) is 5.91 Å². The van der Waals surface area contributed by atoms with E-state index in [-0.39, 0.29) is 16.9 Å². The van der Waals surface area contributed by atoms with Gasteiger partial charge in [0.1, 0.15) is 0 Å². The highest BCUT2D eigenvalue weighted by atomic mass is 16.2. The molecule has 0 spiro atoms. The maximum atomic E-state index is 12.0. The Morgan fingerprint density at radius 1 is 1.13 bits per heavy atom. The fourth-order valence-corrected chi connectivity index (χ4v) is 1.80. The summed E-state index contributed by atoms with van der Waals surface area (Å²) in [5, 5.41) is 3.23. The van der Waals surface area contributed by atoms with Gasteiger partial charge in [0.05, 0.1) is 0 Å². The summed E-state index contributed by atoms with van der Waals surface area (Å²) in [5.41, 5.74) is -0.338. The Bertz CT molecular complexity index is 209. The number of hydrogen-bond donors (Lipinski definition) is 1. The highest BCUT2D eigenvalue weighted by Crippen LogP contribution is 2.27. The topological polar surface area (TPSA) is 29.1 Å². The zero-order chi connectivity index (χ0) is 12.3. The third kappa shape index (κ3) is 3.51. The van der Waals surface area contributed by atoms with Gasteiger partial charge in [-0.15, -0.1) is 0 Å². The number of nitrogens with one attached hydrogen (secondary N) is 1. The Kier molecular flexibility index (Phi) is 4.82. The summed E-state index contributed by atoms with van der Waals surface area (Å²) < 4.78 is 0. The molecule has 2 nitrogen and oxygen atoms in total. The molecule has 2 heteroatoms. The van der Waals surface area contributed by atoms with Gasteiger partial charge in [-0.05, 0) is 18.8 Å². The molecule has 0 aliphatic rings. The number of amides is 1. The van der Waals surface area contributed by atoms with Gasteiger partial charge in [-0.2, -0.15) is 0 Å². The van der Waals surface area contributed by atoms with E-state index < -0.39 is 0 Å². The van der Waals surface area contributed by atoms with E-state index >= 15 is 0 Å². The van der Waals surface area contributed by atoms with Crippen molar-refractivity contribution in [2.75, 3.05) is 0 Å². The van der Waals surface area contributed by atoms with Crippen LogP contribution in [-0.2, 0) is 4.79 Å². The van der Waals surface area contributed by atoms with Crippen LogP contribution >= 0.6 is 0 Å². The van der Waals surface area contributed by atoms with Crippen LogP contribution in [0.5, 0.6) is 0 Å². The minimum absolute atomic E-state index is 0.0373. The molecule has 0 fully saturated rings. The van der Waals surface area contributed by atoms with E-state index in [4.69, 9.17) is 0 Å². The maximum Gasteiger partial charge on any atom is 0.225 e. The average molecular weight is 213 g/mol. The van der Waals surface area contributed by atoms with Crippen LogP contribution in [0.25, 0.3) is 0 Å². The number of carbonyl (C=O) groups is 1. The molecule has 0 aromatic heterocycles. The third-order valence-corrected chi connectivity index (χ3v) is 3.41. The fourth-order valence-electron chi connectivity index (χ4n) is 1.80. The van der Waals surface area contributed by atoms with Crippen LogP contribution in [0.15, 0.2) is 0 Å². The standard InChI is InChI=1S/C13H27NO/c1-8-13(9-2,10(3)4)14-11(15)12(5,6)7/h10H,8-9H2,1-7H3,(H,14,15). The molecule has 15 heavy (non-hydrogen) atoms. The van der Waals surface area contributed by atoms with E-state index in [2.05, 4.69) is 33.0 Å². The average Bonchev–Trinajstić information content (AvgIpc) is 2.11. The van der Waals surface area contributed by atoms with Gasteiger partial charge in [0.15, 0.2) is 0 Å². The van der Waals surface area contributed by atoms with E-state index in [0.29, 0.717) is 5.92 Å². The molecule has 0 heterocycles. The second-order valence-corrected chi connectivity index (χ2v) is 5.72. The molecule has 0 atom stereocenters. The van der Waals surface area contributed by atoms with Crippen LogP contribution in [0.3, 0.4) is 0 Å². The van der Waals surface area contributed by atoms with Crippen LogP contribution in [0, 0.1) is 11.3 Å². The Balaban J connectivity index is 4.77. The van der Waals surface area contributed by atoms with Gasteiger partial charge in [-0.1, -0.05) is 48.5 Å². The van der Waals surface area contributed by atoms with Crippen molar-refractivity contribution < 1.29 is 4.79 Å². The largest absolute Gasteiger partial charge is 0.350 e. The predicted octanol–water partition coefficient (Wildman–Crippen LogP) is 3.36. The molecule has 0 aromatic carbocycles. The molecule has 0 bridgehead atoms. The Labute approximate surface area is 94.8 Å². The molecule has 0 saturated heterocycles. The van der Waals surface area contributed by atoms with Gasteiger partial charge < -0.3 is 5.32 Å². The fraction of sp³-hybridized carbons (Fsp3) is 0.923. The molecule has 0 radical (unpaired) electrons. The van der Waals surface area contributed by atoms with Gasteiger partial charge in [-0.3, -0.25) is 4.79 Å². The minimum Gasteiger partial charge on any atom is -0.350 e. The summed E-state index contributed by atoms with van der Waals surface area (Å²) in [6.45, 7) is 14.5. The first-order chi connectivity index (χ1) is 6.69. The van der Waals surface area contributed by atoms with E-state index in [1.165, 1.54) is 0 Å². The second kappa shape index (κ2) is 5.00. The molecule has 0 aliphatic heterocycles. The highest BCUT2D eigenvalue weighted by molar-refractivity contribution is 5.82. The van der Waals surface area contributed by atoms with E-state index in [9.17, 15) is 4.79 Å². The van der Waals surface area contributed by atoms with E-state index in [1.54, 1.807) is 0 Å². The molecule has 90 valence electrons. The first-order valence-corrected chi connectivity index (χ1v) is 6.02. The van der Waals surface area contributed by atoms with Gasteiger partial charge in [0.25, 0.3) is 0 Å². The van der Waals surface area contributed by atoms with Gasteiger partial charge in [-0.25, -0.2) is 0 Å². The first-order valence-electron chi connectivity index (χ1n) is 6.02. The molecule has 0 rings (SSSR count). The Morgan fingerprint density at radius 3 is 1.73 bits per heavy atom. The SMILES string of the molecule is CCC(CC)(NC(=O)C(C)(C)C)C(C)C. The lowest BCUT2D eigenvalue weighted by molar-refractivity contribution is -0.131. The smallest absolute Gasteiger partial charge is 0.225 e. The summed E-state index contributed by atoms with van der Waals surface area (Å²) >= 11 is 0. The monoisotopic (exact) mass is 213 g/mol. The third-order valence-electron chi connectivity index (χ3n) is 3.41. The van der Waals surface area contributed by atoms with Crippen LogP contribution in [0.4, 0.5) is 0 Å². The Hall–Kier alpha value is -0.530. The lowest BCUT2D eigenvalue weighted by Crippen LogP contribution is -2.54. The first kappa shape index (κ1) is 14.5. The van der Waals surface area contributed by atoms with Crippen molar-refractivity contribution in [1.82, 2.24) is 5.32 Å². The molecular weight excluding hydrogens is 186 g/mol. The molecule has 0 unspecified atom stereocenters. The van der Waals surface area contributed by atoms with Crippen LogP contribution < -0.4 is 5.32 Å². The molecule has 0 aliphatic carbocycles. The summed E-state index contributed by atoms with van der Waals surface area (Å²) in [6.07, 6.45) is 1.98. The van der Waals surface area contributed by atoms with E-state index in [0.717, 1.165) is 12.8 Å². The summed E-state index contributed by atoms with van der Waals surface area (Å²) in [7, 11) is 0. The van der Waals surface area contributed by atoms with Crippen LogP contribution in [0.2, 0.25) is 0 Å². The van der Waals surface area contributed by atoms with Crippen molar-refractivity contribution in [1.29, 1.82) is 0 Å². The second-order valence-electron chi connectivity index (χ2n) is 5.72. The lowest BCUT2D eigenvalue weighted by atomic mass is 9.80. The maximum absolute atomic E-state index is 12.0. The van der Waals surface area contributed by atoms with Crippen molar-refractivity contribution in [3.05, 3.63) is 0 Å². The summed E-state index contributed by atoms with van der Waals surface area (Å²) in [5.74, 6) is 0.624. The van der Waals surface area contributed by atoms with Crippen LogP contribution in [0.1, 0.15) is 61.3 Å². The van der Waals surface area contributed by atoms with Gasteiger partial charge in [0, 0.05) is 11.0 Å². The predicted molar refractivity (Wildman–Crippen MR) is 65.7 cm³/mol. The normalized spacial score (nSPS) is 13.1. The van der Waals surface area contributed by atoms with E-state index in [1.807, 2.05) is 20.8 Å². The van der Waals surface area contributed by atoms with Crippen molar-refractivity contribution in [2.24, 2.45) is 11.3 Å². The molecular formula is C13H27NO.